The van der Waals surface area contributed by atoms with Gasteiger partial charge in [0, 0.05) is 29.0 Å². The van der Waals surface area contributed by atoms with E-state index in [-0.39, 0.29) is 11.8 Å². The number of anilines is 2. The molecular formula is C17H17BrN2O. The van der Waals surface area contributed by atoms with Crippen molar-refractivity contribution in [1.82, 2.24) is 0 Å². The largest absolute Gasteiger partial charge is 0.384 e. The molecule has 1 heterocycles. The number of rotatable bonds is 3. The predicted molar refractivity (Wildman–Crippen MR) is 89.8 cm³/mol. The summed E-state index contributed by atoms with van der Waals surface area (Å²) in [5.41, 5.74) is 4.32. The molecule has 2 aromatic rings. The Kier molecular flexibility index (Phi) is 3.97. The fraction of sp³-hybridized carbons (Fsp3) is 0.235. The molecule has 4 heteroatoms. The molecule has 0 aliphatic carbocycles. The number of carbonyl (C=O) groups excluding carboxylic acids is 1. The summed E-state index contributed by atoms with van der Waals surface area (Å²) in [6.07, 6.45) is 0.490. The third kappa shape index (κ3) is 2.95. The van der Waals surface area contributed by atoms with Crippen LogP contribution >= 0.6 is 15.9 Å². The highest BCUT2D eigenvalue weighted by molar-refractivity contribution is 9.10. The Bertz CT molecular complexity index is 684. The maximum absolute atomic E-state index is 12.3. The summed E-state index contributed by atoms with van der Waals surface area (Å²) in [4.78, 5) is 12.3. The summed E-state index contributed by atoms with van der Waals surface area (Å²) in [6, 6.07) is 14.1. The minimum absolute atomic E-state index is 0.0461. The van der Waals surface area contributed by atoms with Crippen molar-refractivity contribution < 1.29 is 4.79 Å². The van der Waals surface area contributed by atoms with E-state index in [2.05, 4.69) is 38.7 Å². The van der Waals surface area contributed by atoms with E-state index in [0.29, 0.717) is 6.42 Å². The van der Waals surface area contributed by atoms with Crippen molar-refractivity contribution in [2.24, 2.45) is 0 Å². The van der Waals surface area contributed by atoms with Crippen molar-refractivity contribution in [2.75, 3.05) is 17.2 Å². The molecular weight excluding hydrogens is 328 g/mol. The molecule has 0 saturated heterocycles. The van der Waals surface area contributed by atoms with Crippen LogP contribution in [0.3, 0.4) is 0 Å². The number of amides is 1. The van der Waals surface area contributed by atoms with Crippen LogP contribution in [0.15, 0.2) is 46.9 Å². The van der Waals surface area contributed by atoms with Gasteiger partial charge >= 0.3 is 0 Å². The Hall–Kier alpha value is -1.81. The van der Waals surface area contributed by atoms with Crippen molar-refractivity contribution in [3.8, 4) is 0 Å². The van der Waals surface area contributed by atoms with E-state index in [4.69, 9.17) is 0 Å². The maximum Gasteiger partial charge on any atom is 0.225 e. The second-order valence-electron chi connectivity index (χ2n) is 5.35. The number of hydrogen-bond donors (Lipinski definition) is 2. The third-order valence-electron chi connectivity index (χ3n) is 3.84. The zero-order valence-electron chi connectivity index (χ0n) is 11.8. The van der Waals surface area contributed by atoms with E-state index >= 15 is 0 Å². The number of carbonyl (C=O) groups is 1. The molecule has 1 unspecified atom stereocenters. The van der Waals surface area contributed by atoms with Gasteiger partial charge in [0.15, 0.2) is 0 Å². The van der Waals surface area contributed by atoms with Gasteiger partial charge in [0.1, 0.15) is 0 Å². The van der Waals surface area contributed by atoms with E-state index < -0.39 is 0 Å². The van der Waals surface area contributed by atoms with Gasteiger partial charge in [-0.15, -0.1) is 0 Å². The molecule has 0 spiro atoms. The fourth-order valence-electron chi connectivity index (χ4n) is 2.71. The maximum atomic E-state index is 12.3. The quantitative estimate of drug-likeness (QED) is 0.871. The number of benzene rings is 2. The van der Waals surface area contributed by atoms with E-state index in [9.17, 15) is 4.79 Å². The molecule has 2 N–H and O–H groups in total. The first-order valence-electron chi connectivity index (χ1n) is 7.03. The van der Waals surface area contributed by atoms with Crippen molar-refractivity contribution in [3.05, 3.63) is 58.1 Å². The number of halogens is 1. The molecule has 0 fully saturated rings. The Morgan fingerprint density at radius 2 is 2.10 bits per heavy atom. The molecule has 21 heavy (non-hydrogen) atoms. The summed E-state index contributed by atoms with van der Waals surface area (Å²) in [5.74, 6) is 0.287. The Labute approximate surface area is 132 Å². The number of fused-ring (bicyclic) bond motifs is 1. The number of aryl methyl sites for hydroxylation is 1. The average Bonchev–Trinajstić information content (AvgIpc) is 2.87. The topological polar surface area (TPSA) is 41.1 Å². The monoisotopic (exact) mass is 344 g/mol. The van der Waals surface area contributed by atoms with Gasteiger partial charge in [0.25, 0.3) is 0 Å². The number of hydrogen-bond acceptors (Lipinski definition) is 2. The molecule has 0 bridgehead atoms. The minimum Gasteiger partial charge on any atom is -0.384 e. The van der Waals surface area contributed by atoms with Gasteiger partial charge < -0.3 is 10.6 Å². The highest BCUT2D eigenvalue weighted by atomic mass is 79.9. The normalized spacial score (nSPS) is 16.2. The molecule has 1 amide bonds. The van der Waals surface area contributed by atoms with E-state index in [1.54, 1.807) is 0 Å². The SMILES string of the molecule is Cc1cccc(NC(=O)CC2CNc3ccccc32)c1Br. The van der Waals surface area contributed by atoms with Gasteiger partial charge in [0.05, 0.1) is 5.69 Å². The summed E-state index contributed by atoms with van der Waals surface area (Å²) in [7, 11) is 0. The molecule has 0 saturated carbocycles. The van der Waals surface area contributed by atoms with Crippen LogP contribution in [-0.2, 0) is 4.79 Å². The first-order chi connectivity index (χ1) is 10.1. The second-order valence-corrected chi connectivity index (χ2v) is 6.15. The van der Waals surface area contributed by atoms with Gasteiger partial charge in [-0.1, -0.05) is 30.3 Å². The summed E-state index contributed by atoms with van der Waals surface area (Å²) < 4.78 is 0.947. The van der Waals surface area contributed by atoms with Crippen LogP contribution in [0.25, 0.3) is 0 Å². The Morgan fingerprint density at radius 1 is 1.29 bits per heavy atom. The van der Waals surface area contributed by atoms with Gasteiger partial charge in [-0.2, -0.15) is 0 Å². The first-order valence-corrected chi connectivity index (χ1v) is 7.82. The third-order valence-corrected chi connectivity index (χ3v) is 4.89. The lowest BCUT2D eigenvalue weighted by molar-refractivity contribution is -0.116. The van der Waals surface area contributed by atoms with Gasteiger partial charge in [-0.3, -0.25) is 4.79 Å². The van der Waals surface area contributed by atoms with Crippen LogP contribution in [0.4, 0.5) is 11.4 Å². The van der Waals surface area contributed by atoms with Crippen molar-refractivity contribution in [1.29, 1.82) is 0 Å². The van der Waals surface area contributed by atoms with E-state index in [1.165, 1.54) is 5.56 Å². The molecule has 3 rings (SSSR count). The van der Waals surface area contributed by atoms with Crippen LogP contribution < -0.4 is 10.6 Å². The van der Waals surface area contributed by atoms with E-state index in [0.717, 1.165) is 28.0 Å². The van der Waals surface area contributed by atoms with Gasteiger partial charge in [0.2, 0.25) is 5.91 Å². The van der Waals surface area contributed by atoms with Crippen LogP contribution in [-0.4, -0.2) is 12.5 Å². The molecule has 0 radical (unpaired) electrons. The first kappa shape index (κ1) is 14.1. The van der Waals surface area contributed by atoms with Crippen LogP contribution in [0, 0.1) is 6.92 Å². The van der Waals surface area contributed by atoms with Gasteiger partial charge in [-0.25, -0.2) is 0 Å². The zero-order chi connectivity index (χ0) is 14.8. The molecule has 3 nitrogen and oxygen atoms in total. The molecule has 1 atom stereocenters. The highest BCUT2D eigenvalue weighted by Crippen LogP contribution is 2.33. The summed E-state index contributed by atoms with van der Waals surface area (Å²) in [5, 5.41) is 6.35. The molecule has 108 valence electrons. The van der Waals surface area contributed by atoms with Crippen molar-refractivity contribution in [3.63, 3.8) is 0 Å². The van der Waals surface area contributed by atoms with Crippen LogP contribution in [0.1, 0.15) is 23.5 Å². The smallest absolute Gasteiger partial charge is 0.225 e. The average molecular weight is 345 g/mol. The molecule has 0 aromatic heterocycles. The number of nitrogens with one attached hydrogen (secondary N) is 2. The molecule has 1 aliphatic rings. The van der Waals surface area contributed by atoms with E-state index in [1.807, 2.05) is 37.3 Å². The zero-order valence-corrected chi connectivity index (χ0v) is 13.4. The summed E-state index contributed by atoms with van der Waals surface area (Å²) >= 11 is 3.52. The van der Waals surface area contributed by atoms with Crippen molar-refractivity contribution >= 4 is 33.2 Å². The second kappa shape index (κ2) is 5.90. The Balaban J connectivity index is 1.69. The van der Waals surface area contributed by atoms with Crippen LogP contribution in [0.5, 0.6) is 0 Å². The fourth-order valence-corrected chi connectivity index (χ4v) is 3.07. The lowest BCUT2D eigenvalue weighted by Crippen LogP contribution is -2.17. The number of para-hydroxylation sites is 1. The highest BCUT2D eigenvalue weighted by Gasteiger charge is 2.24. The Morgan fingerprint density at radius 3 is 2.95 bits per heavy atom. The van der Waals surface area contributed by atoms with Gasteiger partial charge in [-0.05, 0) is 46.1 Å². The predicted octanol–water partition coefficient (Wildman–Crippen LogP) is 4.30. The minimum atomic E-state index is 0.0461. The lowest BCUT2D eigenvalue weighted by Gasteiger charge is -2.12. The lowest BCUT2D eigenvalue weighted by atomic mass is 9.97. The molecule has 1 aliphatic heterocycles. The van der Waals surface area contributed by atoms with Crippen LogP contribution in [0.2, 0.25) is 0 Å². The van der Waals surface area contributed by atoms with Crippen molar-refractivity contribution in [2.45, 2.75) is 19.3 Å². The summed E-state index contributed by atoms with van der Waals surface area (Å²) in [6.45, 7) is 2.83. The molecule has 2 aromatic carbocycles. The standard InChI is InChI=1S/C17H17BrN2O/c1-11-5-4-8-15(17(11)18)20-16(21)9-12-10-19-14-7-3-2-6-13(12)14/h2-8,12,19H,9-10H2,1H3,(H,20,21).